The Morgan fingerprint density at radius 2 is 1.74 bits per heavy atom. The average Bonchev–Trinajstić information content (AvgIpc) is 3.08. The highest BCUT2D eigenvalue weighted by Crippen LogP contribution is 2.43. The van der Waals surface area contributed by atoms with Crippen molar-refractivity contribution >= 4 is 39.8 Å². The molecule has 1 saturated carbocycles. The van der Waals surface area contributed by atoms with Crippen LogP contribution in [0.5, 0.6) is 0 Å². The van der Waals surface area contributed by atoms with Crippen molar-refractivity contribution < 1.29 is 13.2 Å². The van der Waals surface area contributed by atoms with Crippen molar-refractivity contribution in [2.24, 2.45) is 11.1 Å². The molecular weight excluding hydrogens is 407 g/mol. The fourth-order valence-electron chi connectivity index (χ4n) is 4.22. The third-order valence-electron chi connectivity index (χ3n) is 6.04. The molecule has 1 amide bonds. The van der Waals surface area contributed by atoms with Crippen LogP contribution in [0.3, 0.4) is 0 Å². The van der Waals surface area contributed by atoms with Gasteiger partial charge in [-0.25, -0.2) is 8.42 Å². The number of sulfone groups is 1. The molecule has 2 fully saturated rings. The standard InChI is InChI=1S/C19H27ClN2O3S.ClH/c1-18(2)13-22(12-9-16(18)21)17(23)19(10-3-4-11-19)26(24,25)15-7-5-14(20)6-8-15;/h5-8,16H,3-4,9-13,21H2,1-2H3;1H. The smallest absolute Gasteiger partial charge is 0.244 e. The number of hydrogen-bond acceptors (Lipinski definition) is 4. The van der Waals surface area contributed by atoms with E-state index in [-0.39, 0.29) is 34.7 Å². The van der Waals surface area contributed by atoms with Crippen LogP contribution in [0.4, 0.5) is 0 Å². The van der Waals surface area contributed by atoms with Crippen molar-refractivity contribution in [1.82, 2.24) is 4.90 Å². The highest BCUT2D eigenvalue weighted by atomic mass is 35.5. The Morgan fingerprint density at radius 3 is 2.26 bits per heavy atom. The van der Waals surface area contributed by atoms with E-state index in [1.807, 2.05) is 13.8 Å². The second-order valence-electron chi connectivity index (χ2n) is 8.27. The van der Waals surface area contributed by atoms with Crippen molar-refractivity contribution in [3.05, 3.63) is 29.3 Å². The summed E-state index contributed by atoms with van der Waals surface area (Å²) in [5.74, 6) is -0.259. The first kappa shape index (κ1) is 22.5. The van der Waals surface area contributed by atoms with Crippen molar-refractivity contribution in [3.63, 3.8) is 0 Å². The minimum atomic E-state index is -3.80. The van der Waals surface area contributed by atoms with Crippen molar-refractivity contribution in [2.45, 2.75) is 61.6 Å². The zero-order valence-corrected chi connectivity index (χ0v) is 18.2. The lowest BCUT2D eigenvalue weighted by Gasteiger charge is -2.45. The molecule has 8 heteroatoms. The van der Waals surface area contributed by atoms with Crippen LogP contribution >= 0.6 is 24.0 Å². The summed E-state index contributed by atoms with van der Waals surface area (Å²) in [5.41, 5.74) is 5.96. The normalized spacial score (nSPS) is 24.3. The average molecular weight is 435 g/mol. The molecule has 3 rings (SSSR count). The number of halogens is 2. The van der Waals surface area contributed by atoms with Gasteiger partial charge in [-0.3, -0.25) is 4.79 Å². The summed E-state index contributed by atoms with van der Waals surface area (Å²) < 4.78 is 25.6. The predicted octanol–water partition coefficient (Wildman–Crippen LogP) is 3.43. The SMILES string of the molecule is CC1(C)CN(C(=O)C2(S(=O)(=O)c3ccc(Cl)cc3)CCCC2)CCC1N.Cl. The number of carbonyl (C=O) groups excluding carboxylic acids is 1. The molecule has 0 radical (unpaired) electrons. The van der Waals surface area contributed by atoms with Gasteiger partial charge in [-0.2, -0.15) is 0 Å². The monoisotopic (exact) mass is 434 g/mol. The van der Waals surface area contributed by atoms with Crippen LogP contribution in [-0.2, 0) is 14.6 Å². The number of nitrogens with zero attached hydrogens (tertiary/aromatic N) is 1. The summed E-state index contributed by atoms with van der Waals surface area (Å²) in [6, 6.07) is 6.14. The van der Waals surface area contributed by atoms with Gasteiger partial charge in [-0.05, 0) is 48.9 Å². The number of benzene rings is 1. The van der Waals surface area contributed by atoms with Crippen LogP contribution in [0.1, 0.15) is 46.0 Å². The summed E-state index contributed by atoms with van der Waals surface area (Å²) in [7, 11) is -3.80. The number of piperidine rings is 1. The fourth-order valence-corrected chi connectivity index (χ4v) is 6.48. The molecule has 2 aliphatic rings. The molecule has 0 aromatic heterocycles. The topological polar surface area (TPSA) is 80.5 Å². The Hall–Kier alpha value is -0.820. The molecular formula is C19H28Cl2N2O3S. The van der Waals surface area contributed by atoms with Crippen molar-refractivity contribution in [2.75, 3.05) is 13.1 Å². The van der Waals surface area contributed by atoms with Gasteiger partial charge in [-0.1, -0.05) is 38.3 Å². The zero-order chi connectivity index (χ0) is 19.2. The van der Waals surface area contributed by atoms with Crippen LogP contribution in [-0.4, -0.2) is 43.1 Å². The quantitative estimate of drug-likeness (QED) is 0.789. The van der Waals surface area contributed by atoms with Gasteiger partial charge in [0, 0.05) is 24.2 Å². The molecule has 1 aromatic carbocycles. The first-order valence-electron chi connectivity index (χ1n) is 9.15. The summed E-state index contributed by atoms with van der Waals surface area (Å²) in [4.78, 5) is 15.4. The minimum Gasteiger partial charge on any atom is -0.341 e. The van der Waals surface area contributed by atoms with Gasteiger partial charge in [0.25, 0.3) is 0 Å². The van der Waals surface area contributed by atoms with Gasteiger partial charge in [-0.15, -0.1) is 12.4 Å². The molecule has 1 aliphatic carbocycles. The van der Waals surface area contributed by atoms with E-state index in [0.717, 1.165) is 12.8 Å². The molecule has 1 aliphatic heterocycles. The molecule has 1 aromatic rings. The van der Waals surface area contributed by atoms with Crippen LogP contribution in [0.15, 0.2) is 29.2 Å². The van der Waals surface area contributed by atoms with Gasteiger partial charge in [0.2, 0.25) is 5.91 Å². The molecule has 152 valence electrons. The van der Waals surface area contributed by atoms with Gasteiger partial charge in [0.1, 0.15) is 0 Å². The van der Waals surface area contributed by atoms with E-state index in [1.165, 1.54) is 12.1 Å². The van der Waals surface area contributed by atoms with E-state index in [0.29, 0.717) is 37.4 Å². The maximum atomic E-state index is 13.5. The predicted molar refractivity (Wildman–Crippen MR) is 110 cm³/mol. The van der Waals surface area contributed by atoms with Crippen LogP contribution in [0.2, 0.25) is 5.02 Å². The third kappa shape index (κ3) is 3.86. The lowest BCUT2D eigenvalue weighted by atomic mass is 9.79. The van der Waals surface area contributed by atoms with E-state index in [9.17, 15) is 13.2 Å². The maximum absolute atomic E-state index is 13.5. The first-order valence-corrected chi connectivity index (χ1v) is 11.0. The number of amides is 1. The largest absolute Gasteiger partial charge is 0.341 e. The molecule has 27 heavy (non-hydrogen) atoms. The molecule has 1 atom stereocenters. The van der Waals surface area contributed by atoms with E-state index in [2.05, 4.69) is 0 Å². The number of hydrogen-bond donors (Lipinski definition) is 1. The molecule has 2 N–H and O–H groups in total. The van der Waals surface area contributed by atoms with Crippen molar-refractivity contribution in [3.8, 4) is 0 Å². The van der Waals surface area contributed by atoms with E-state index < -0.39 is 14.6 Å². The highest BCUT2D eigenvalue weighted by Gasteiger charge is 2.55. The number of rotatable bonds is 3. The van der Waals surface area contributed by atoms with Crippen LogP contribution in [0.25, 0.3) is 0 Å². The van der Waals surface area contributed by atoms with Crippen LogP contribution in [0, 0.1) is 5.41 Å². The summed E-state index contributed by atoms with van der Waals surface area (Å²) in [6.07, 6.45) is 2.93. The third-order valence-corrected chi connectivity index (χ3v) is 8.80. The molecule has 1 saturated heterocycles. The second kappa shape index (κ2) is 7.90. The molecule has 0 bridgehead atoms. The lowest BCUT2D eigenvalue weighted by Crippen LogP contribution is -2.59. The number of nitrogens with two attached hydrogens (primary N) is 1. The Bertz CT molecular complexity index is 788. The van der Waals surface area contributed by atoms with Crippen LogP contribution < -0.4 is 5.73 Å². The molecule has 5 nitrogen and oxygen atoms in total. The van der Waals surface area contributed by atoms with Gasteiger partial charge in [0.15, 0.2) is 14.6 Å². The summed E-state index contributed by atoms with van der Waals surface area (Å²) in [6.45, 7) is 5.07. The Kier molecular flexibility index (Phi) is 6.57. The Labute approximate surface area is 173 Å². The Balaban J connectivity index is 0.00000261. The first-order chi connectivity index (χ1) is 12.1. The second-order valence-corrected chi connectivity index (χ2v) is 11.0. The van der Waals surface area contributed by atoms with Gasteiger partial charge < -0.3 is 10.6 Å². The van der Waals surface area contributed by atoms with Gasteiger partial charge in [0.05, 0.1) is 4.90 Å². The summed E-state index contributed by atoms with van der Waals surface area (Å²) in [5, 5.41) is 0.475. The summed E-state index contributed by atoms with van der Waals surface area (Å²) >= 11 is 5.90. The number of likely N-dealkylation sites (tertiary alicyclic amines) is 1. The lowest BCUT2D eigenvalue weighted by molar-refractivity contribution is -0.137. The molecule has 0 spiro atoms. The van der Waals surface area contributed by atoms with Gasteiger partial charge >= 0.3 is 0 Å². The van der Waals surface area contributed by atoms with E-state index >= 15 is 0 Å². The Morgan fingerprint density at radius 1 is 1.19 bits per heavy atom. The molecule has 1 heterocycles. The minimum absolute atomic E-state index is 0. The zero-order valence-electron chi connectivity index (χ0n) is 15.8. The van der Waals surface area contributed by atoms with E-state index in [1.54, 1.807) is 17.0 Å². The van der Waals surface area contributed by atoms with E-state index in [4.69, 9.17) is 17.3 Å². The van der Waals surface area contributed by atoms with Crippen molar-refractivity contribution in [1.29, 1.82) is 0 Å². The number of carbonyl (C=O) groups is 1. The highest BCUT2D eigenvalue weighted by molar-refractivity contribution is 7.93. The fraction of sp³-hybridized carbons (Fsp3) is 0.632. The maximum Gasteiger partial charge on any atom is 0.244 e. The molecule has 1 unspecified atom stereocenters.